The summed E-state index contributed by atoms with van der Waals surface area (Å²) < 4.78 is 4.96. The summed E-state index contributed by atoms with van der Waals surface area (Å²) in [5.41, 5.74) is 2.05. The van der Waals surface area contributed by atoms with Crippen molar-refractivity contribution in [3.63, 3.8) is 0 Å². The molecule has 0 aliphatic rings. The molecule has 0 aliphatic heterocycles. The number of fused-ring (bicyclic) bond motifs is 1. The van der Waals surface area contributed by atoms with E-state index < -0.39 is 0 Å². The molecule has 2 aromatic rings. The Labute approximate surface area is 86.9 Å². The maximum atomic E-state index is 11.2. The Hall–Kier alpha value is -1.97. The molecule has 0 spiro atoms. The lowest BCUT2D eigenvalue weighted by Gasteiger charge is -2.01. The Morgan fingerprint density at radius 1 is 1.33 bits per heavy atom. The number of hydrogen-bond donors (Lipinski definition) is 0. The third kappa shape index (κ3) is 1.79. The number of carbonyl (C=O) groups excluding carboxylic acids is 1. The van der Waals surface area contributed by atoms with E-state index in [1.54, 1.807) is 24.4 Å². The zero-order valence-corrected chi connectivity index (χ0v) is 8.52. The lowest BCUT2D eigenvalue weighted by atomic mass is 10.1. The molecule has 0 fully saturated rings. The van der Waals surface area contributed by atoms with E-state index in [4.69, 9.17) is 4.74 Å². The number of ether oxygens (including phenoxy) is 1. The second kappa shape index (κ2) is 3.65. The van der Waals surface area contributed by atoms with Gasteiger partial charge < -0.3 is 4.74 Å². The van der Waals surface area contributed by atoms with Gasteiger partial charge in [-0.1, -0.05) is 0 Å². The molecule has 76 valence electrons. The van der Waals surface area contributed by atoms with Crippen LogP contribution in [0, 0.1) is 0 Å². The van der Waals surface area contributed by atoms with E-state index in [1.807, 2.05) is 0 Å². The van der Waals surface area contributed by atoms with Gasteiger partial charge in [0.15, 0.2) is 5.78 Å². The molecule has 0 amide bonds. The minimum Gasteiger partial charge on any atom is -0.480 e. The highest BCUT2D eigenvalue weighted by molar-refractivity contribution is 5.97. The third-order valence-corrected chi connectivity index (χ3v) is 2.14. The molecule has 0 unspecified atom stereocenters. The number of benzene rings is 1. The van der Waals surface area contributed by atoms with Crippen LogP contribution in [-0.2, 0) is 0 Å². The van der Waals surface area contributed by atoms with Crippen LogP contribution >= 0.6 is 0 Å². The van der Waals surface area contributed by atoms with Crippen molar-refractivity contribution in [2.45, 2.75) is 6.92 Å². The van der Waals surface area contributed by atoms with Gasteiger partial charge in [-0.15, -0.1) is 0 Å². The summed E-state index contributed by atoms with van der Waals surface area (Å²) in [5.74, 6) is 0.463. The topological polar surface area (TPSA) is 52.1 Å². The minimum atomic E-state index is 0.0153. The fourth-order valence-corrected chi connectivity index (χ4v) is 1.31. The third-order valence-electron chi connectivity index (χ3n) is 2.14. The largest absolute Gasteiger partial charge is 0.480 e. The SMILES string of the molecule is COc1cnc2ccc(C(C)=O)cc2n1. The molecule has 4 nitrogen and oxygen atoms in total. The molecular formula is C11H10N2O2. The first-order valence-corrected chi connectivity index (χ1v) is 4.52. The maximum absolute atomic E-state index is 11.2. The van der Waals surface area contributed by atoms with Gasteiger partial charge in [0.1, 0.15) is 0 Å². The van der Waals surface area contributed by atoms with Crippen LogP contribution in [0.5, 0.6) is 5.88 Å². The van der Waals surface area contributed by atoms with Crippen molar-refractivity contribution in [1.82, 2.24) is 9.97 Å². The predicted molar refractivity (Wildman–Crippen MR) is 56.1 cm³/mol. The standard InChI is InChI=1S/C11H10N2O2/c1-7(14)8-3-4-9-10(5-8)13-11(15-2)6-12-9/h3-6H,1-2H3. The van der Waals surface area contributed by atoms with Gasteiger partial charge in [-0.2, -0.15) is 0 Å². The average Bonchev–Trinajstić information content (AvgIpc) is 2.27. The van der Waals surface area contributed by atoms with E-state index in [9.17, 15) is 4.79 Å². The van der Waals surface area contributed by atoms with Gasteiger partial charge in [0.05, 0.1) is 24.3 Å². The van der Waals surface area contributed by atoms with Crippen molar-refractivity contribution >= 4 is 16.8 Å². The summed E-state index contributed by atoms with van der Waals surface area (Å²) in [7, 11) is 1.53. The molecular weight excluding hydrogens is 192 g/mol. The predicted octanol–water partition coefficient (Wildman–Crippen LogP) is 1.84. The Morgan fingerprint density at radius 2 is 2.13 bits per heavy atom. The number of Topliss-reactive ketones (excluding diaryl/α,β-unsaturated/α-hetero) is 1. The quantitative estimate of drug-likeness (QED) is 0.697. The van der Waals surface area contributed by atoms with Crippen LogP contribution in [0.15, 0.2) is 24.4 Å². The average molecular weight is 202 g/mol. The number of ketones is 1. The summed E-state index contributed by atoms with van der Waals surface area (Å²) in [5, 5.41) is 0. The van der Waals surface area contributed by atoms with E-state index in [2.05, 4.69) is 9.97 Å². The summed E-state index contributed by atoms with van der Waals surface area (Å²) >= 11 is 0. The van der Waals surface area contributed by atoms with Crippen LogP contribution in [-0.4, -0.2) is 22.9 Å². The maximum Gasteiger partial charge on any atom is 0.232 e. The highest BCUT2D eigenvalue weighted by atomic mass is 16.5. The highest BCUT2D eigenvalue weighted by Crippen LogP contribution is 2.15. The molecule has 0 radical (unpaired) electrons. The van der Waals surface area contributed by atoms with Gasteiger partial charge in [-0.3, -0.25) is 4.79 Å². The number of hydrogen-bond acceptors (Lipinski definition) is 4. The molecule has 1 aromatic heterocycles. The Morgan fingerprint density at radius 3 is 2.80 bits per heavy atom. The summed E-state index contributed by atoms with van der Waals surface area (Å²) in [6, 6.07) is 5.23. The zero-order chi connectivity index (χ0) is 10.8. The Kier molecular flexibility index (Phi) is 2.33. The van der Waals surface area contributed by atoms with Crippen molar-refractivity contribution in [2.24, 2.45) is 0 Å². The minimum absolute atomic E-state index is 0.0153. The zero-order valence-electron chi connectivity index (χ0n) is 8.52. The van der Waals surface area contributed by atoms with E-state index in [1.165, 1.54) is 14.0 Å². The molecule has 0 aliphatic carbocycles. The van der Waals surface area contributed by atoms with Crippen molar-refractivity contribution < 1.29 is 9.53 Å². The molecule has 0 saturated carbocycles. The fraction of sp³-hybridized carbons (Fsp3) is 0.182. The smallest absolute Gasteiger partial charge is 0.232 e. The molecule has 1 aromatic carbocycles. The van der Waals surface area contributed by atoms with Crippen molar-refractivity contribution in [3.8, 4) is 5.88 Å². The van der Waals surface area contributed by atoms with Crippen LogP contribution in [0.3, 0.4) is 0 Å². The van der Waals surface area contributed by atoms with E-state index >= 15 is 0 Å². The van der Waals surface area contributed by atoms with Crippen LogP contribution in [0.4, 0.5) is 0 Å². The lowest BCUT2D eigenvalue weighted by Crippen LogP contribution is -1.94. The second-order valence-electron chi connectivity index (χ2n) is 3.17. The van der Waals surface area contributed by atoms with Crippen molar-refractivity contribution in [2.75, 3.05) is 7.11 Å². The molecule has 15 heavy (non-hydrogen) atoms. The first-order chi connectivity index (χ1) is 7.20. The van der Waals surface area contributed by atoms with Crippen LogP contribution < -0.4 is 4.74 Å². The Bertz CT molecular complexity index is 523. The number of carbonyl (C=O) groups is 1. The second-order valence-corrected chi connectivity index (χ2v) is 3.17. The van der Waals surface area contributed by atoms with E-state index in [-0.39, 0.29) is 5.78 Å². The molecule has 0 atom stereocenters. The fourth-order valence-electron chi connectivity index (χ4n) is 1.31. The first kappa shape index (κ1) is 9.58. The molecule has 1 heterocycles. The summed E-state index contributed by atoms with van der Waals surface area (Å²) in [6.45, 7) is 1.52. The Balaban J connectivity index is 2.62. The lowest BCUT2D eigenvalue weighted by molar-refractivity contribution is 0.101. The van der Waals surface area contributed by atoms with Crippen LogP contribution in [0.2, 0.25) is 0 Å². The van der Waals surface area contributed by atoms with E-state index in [0.29, 0.717) is 17.0 Å². The molecule has 0 N–H and O–H groups in total. The molecule has 0 saturated heterocycles. The van der Waals surface area contributed by atoms with Crippen molar-refractivity contribution in [3.05, 3.63) is 30.0 Å². The van der Waals surface area contributed by atoms with Gasteiger partial charge in [0, 0.05) is 5.56 Å². The van der Waals surface area contributed by atoms with Gasteiger partial charge in [0.25, 0.3) is 0 Å². The van der Waals surface area contributed by atoms with Gasteiger partial charge in [-0.05, 0) is 25.1 Å². The van der Waals surface area contributed by atoms with Crippen molar-refractivity contribution in [1.29, 1.82) is 0 Å². The normalized spacial score (nSPS) is 10.3. The van der Waals surface area contributed by atoms with Crippen LogP contribution in [0.1, 0.15) is 17.3 Å². The van der Waals surface area contributed by atoms with Gasteiger partial charge in [-0.25, -0.2) is 9.97 Å². The molecule has 0 bridgehead atoms. The first-order valence-electron chi connectivity index (χ1n) is 4.52. The van der Waals surface area contributed by atoms with E-state index in [0.717, 1.165) is 5.52 Å². The van der Waals surface area contributed by atoms with Crippen LogP contribution in [0.25, 0.3) is 11.0 Å². The van der Waals surface area contributed by atoms with Gasteiger partial charge >= 0.3 is 0 Å². The number of rotatable bonds is 2. The summed E-state index contributed by atoms with van der Waals surface area (Å²) in [6.07, 6.45) is 1.55. The van der Waals surface area contributed by atoms with Gasteiger partial charge in [0.2, 0.25) is 5.88 Å². The number of aromatic nitrogens is 2. The number of nitrogens with zero attached hydrogens (tertiary/aromatic N) is 2. The molecule has 4 heteroatoms. The molecule has 2 rings (SSSR count). The number of methoxy groups -OCH3 is 1. The monoisotopic (exact) mass is 202 g/mol. The summed E-state index contributed by atoms with van der Waals surface area (Å²) in [4.78, 5) is 19.5. The highest BCUT2D eigenvalue weighted by Gasteiger charge is 2.03.